The predicted molar refractivity (Wildman–Crippen MR) is 71.9 cm³/mol. The first-order chi connectivity index (χ1) is 0. The van der Waals surface area contributed by atoms with Crippen molar-refractivity contribution in [3.05, 3.63) is 0 Å². The Balaban J connectivity index is 0. The third kappa shape index (κ3) is 83.7. The van der Waals surface area contributed by atoms with Crippen molar-refractivity contribution in [2.45, 2.75) is 14.9 Å². The monoisotopic (exact) mass is 649 g/mol. The van der Waals surface area contributed by atoms with Gasteiger partial charge in [-0.2, -0.15) is 27.0 Å². The van der Waals surface area contributed by atoms with Gasteiger partial charge in [-0.3, -0.25) is 4.70 Å². The molecule has 12 heavy (non-hydrogen) atoms. The third-order valence-corrected chi connectivity index (χ3v) is 0. The normalized spacial score (nSPS) is 0. The first kappa shape index (κ1) is 117. The van der Waals surface area contributed by atoms with Crippen LogP contribution < -0.4 is 103 Å². The Morgan fingerprint density at radius 3 is 0.750 bits per heavy atom. The van der Waals surface area contributed by atoms with Crippen LogP contribution in [0.5, 0.6) is 0 Å². The summed E-state index contributed by atoms with van der Waals surface area (Å²) in [5.74, 6) is 0. The van der Waals surface area contributed by atoms with Crippen molar-refractivity contribution in [2.75, 3.05) is 0 Å². The van der Waals surface area contributed by atoms with E-state index in [2.05, 4.69) is 0 Å². The average molecular weight is 649 g/mol. The maximum Gasteiger partial charge on any atom is 1.00 e. The Hall–Kier alpha value is 7.64. The van der Waals surface area contributed by atoms with E-state index in [1.807, 2.05) is 0 Å². The second-order valence-corrected chi connectivity index (χ2v) is 0. The smallest absolute Gasteiger partial charge is 1.00 e. The number of hydrogen-bond donors (Lipinski definition) is 0. The van der Waals surface area contributed by atoms with E-state index in [1.165, 1.54) is 0 Å². The van der Waals surface area contributed by atoms with Crippen LogP contribution in [0.1, 0.15) is 19.1 Å². The standard InChI is InChI=1S/2CH4.FH.2HI.2K.2H2S.2V.Y.H2.2H/h2*1H4;3*1H;;;2*1H2;;;;1H;;/q;;;;;2*+1;;;;;;;2*-1. The molecule has 3 radical (unpaired) electrons. The molecule has 0 fully saturated rings. The van der Waals surface area contributed by atoms with Gasteiger partial charge in [0, 0.05) is 71.2 Å². The molecule has 0 aliphatic rings. The molecule has 75 valence electrons. The fraction of sp³-hybridized carbons (Fsp3) is 1.00. The summed E-state index contributed by atoms with van der Waals surface area (Å²) in [6, 6.07) is 0. The zero-order valence-electron chi connectivity index (χ0n) is 7.70. The van der Waals surface area contributed by atoms with Crippen LogP contribution >= 0.6 is 74.9 Å². The minimum atomic E-state index is 0. The van der Waals surface area contributed by atoms with Gasteiger partial charge in [-0.1, -0.05) is 14.9 Å². The fourth-order valence-electron chi connectivity index (χ4n) is 0. The van der Waals surface area contributed by atoms with E-state index in [0.29, 0.717) is 0 Å². The third-order valence-electron chi connectivity index (χ3n) is 0. The van der Waals surface area contributed by atoms with Crippen molar-refractivity contribution in [2.24, 2.45) is 0 Å². The molecule has 0 aliphatic carbocycles. The van der Waals surface area contributed by atoms with Gasteiger partial charge in [0.2, 0.25) is 0 Å². The quantitative estimate of drug-likeness (QED) is 0.199. The van der Waals surface area contributed by atoms with Crippen LogP contribution in [-0.4, -0.2) is 0 Å². The molecule has 0 amide bonds. The van der Waals surface area contributed by atoms with Gasteiger partial charge in [-0.15, -0.1) is 48.0 Å². The van der Waals surface area contributed by atoms with Crippen LogP contribution in [0.2, 0.25) is 0 Å². The topological polar surface area (TPSA) is 0 Å². The van der Waals surface area contributed by atoms with Crippen LogP contribution in [0.15, 0.2) is 0 Å². The van der Waals surface area contributed by atoms with E-state index >= 15 is 0 Å². The number of hydrogen-bond acceptors (Lipinski definition) is 0. The molecule has 0 bridgehead atoms. The zero-order chi connectivity index (χ0) is 0. The van der Waals surface area contributed by atoms with Gasteiger partial charge in [-0.25, -0.2) is 0 Å². The van der Waals surface area contributed by atoms with Gasteiger partial charge in [0.05, 0.1) is 0 Å². The molecular formula is C2H19FI2K2S2V2Y. The second-order valence-electron chi connectivity index (χ2n) is 0. The molecule has 0 saturated carbocycles. The molecule has 0 aliphatic heterocycles. The molecule has 0 atom stereocenters. The summed E-state index contributed by atoms with van der Waals surface area (Å²) >= 11 is 0. The van der Waals surface area contributed by atoms with E-state index in [9.17, 15) is 0 Å². The molecule has 0 N–H and O–H groups in total. The summed E-state index contributed by atoms with van der Waals surface area (Å²) < 4.78 is 0. The molecule has 0 heterocycles. The Morgan fingerprint density at radius 1 is 0.750 bits per heavy atom. The van der Waals surface area contributed by atoms with E-state index in [4.69, 9.17) is 0 Å². The van der Waals surface area contributed by atoms with Crippen molar-refractivity contribution in [3.63, 3.8) is 0 Å². The van der Waals surface area contributed by atoms with Crippen molar-refractivity contribution in [1.82, 2.24) is 0 Å². The minimum Gasteiger partial charge on any atom is -1.00 e. The summed E-state index contributed by atoms with van der Waals surface area (Å²) in [5.41, 5.74) is 0. The maximum absolute atomic E-state index is 0. The van der Waals surface area contributed by atoms with E-state index in [-0.39, 0.29) is 271 Å². The molecule has 0 aromatic rings. The summed E-state index contributed by atoms with van der Waals surface area (Å²) in [6.07, 6.45) is 0. The summed E-state index contributed by atoms with van der Waals surface area (Å²) in [4.78, 5) is 0. The SMILES string of the molecule is C.C.F.I.I.S.S.[H-].[H-].[HH].[K+].[K+].[V].[V].[Y]. The van der Waals surface area contributed by atoms with Gasteiger partial charge in [0.1, 0.15) is 0 Å². The van der Waals surface area contributed by atoms with Gasteiger partial charge >= 0.3 is 103 Å². The largest absolute Gasteiger partial charge is 1.00 e. The number of rotatable bonds is 0. The summed E-state index contributed by atoms with van der Waals surface area (Å²) in [5, 5.41) is 0. The number of halogens is 3. The van der Waals surface area contributed by atoms with Crippen molar-refractivity contribution in [1.29, 1.82) is 0 Å². The Labute approximate surface area is 263 Å². The molecule has 0 unspecified atom stereocenters. The van der Waals surface area contributed by atoms with Crippen LogP contribution in [-0.2, 0) is 69.8 Å². The Morgan fingerprint density at radius 2 is 0.750 bits per heavy atom. The molecular weight excluding hydrogens is 630 g/mol. The van der Waals surface area contributed by atoms with Crippen molar-refractivity contribution < 1.29 is 182 Å². The molecule has 0 nitrogen and oxygen atoms in total. The van der Waals surface area contributed by atoms with E-state index < -0.39 is 0 Å². The first-order valence-electron chi connectivity index (χ1n) is 0. The van der Waals surface area contributed by atoms with Crippen molar-refractivity contribution in [3.8, 4) is 0 Å². The van der Waals surface area contributed by atoms with Gasteiger partial charge in [-0.05, 0) is 0 Å². The molecule has 0 rings (SSSR count). The molecule has 0 aromatic heterocycles. The Kier molecular flexibility index (Phi) is 969. The van der Waals surface area contributed by atoms with Gasteiger partial charge in [0.15, 0.2) is 0 Å². The summed E-state index contributed by atoms with van der Waals surface area (Å²) in [7, 11) is 0. The predicted octanol–water partition coefficient (Wildman–Crippen LogP) is -2.64. The Bertz CT molecular complexity index is 43.8. The average Bonchev–Trinajstić information content (AvgIpc) is 0. The van der Waals surface area contributed by atoms with Crippen LogP contribution in [0.4, 0.5) is 4.70 Å². The minimum absolute atomic E-state index is 0. The van der Waals surface area contributed by atoms with Crippen molar-refractivity contribution >= 4 is 74.9 Å². The van der Waals surface area contributed by atoms with Gasteiger partial charge in [0.25, 0.3) is 0 Å². The van der Waals surface area contributed by atoms with E-state index in [1.54, 1.807) is 0 Å². The molecule has 0 spiro atoms. The summed E-state index contributed by atoms with van der Waals surface area (Å²) in [6.45, 7) is 0. The van der Waals surface area contributed by atoms with E-state index in [0.717, 1.165) is 0 Å². The molecule has 0 saturated heterocycles. The first-order valence-corrected chi connectivity index (χ1v) is 0. The second kappa shape index (κ2) is 99.4. The molecule has 10 heteroatoms. The fourth-order valence-corrected chi connectivity index (χ4v) is 0. The molecule has 0 aromatic carbocycles. The van der Waals surface area contributed by atoms with Crippen LogP contribution in [0.25, 0.3) is 0 Å². The van der Waals surface area contributed by atoms with Gasteiger partial charge < -0.3 is 2.85 Å². The van der Waals surface area contributed by atoms with Crippen LogP contribution in [0, 0.1) is 0 Å². The maximum atomic E-state index is 0. The zero-order valence-corrected chi connectivity index (χ0v) is 24.2. The van der Waals surface area contributed by atoms with Crippen LogP contribution in [0.3, 0.4) is 0 Å².